The van der Waals surface area contributed by atoms with Crippen LogP contribution in [0.3, 0.4) is 0 Å². The fraction of sp³-hybridized carbons (Fsp3) is 0.333. The number of nitrogens with two attached hydrogens (primary N) is 1. The van der Waals surface area contributed by atoms with Crippen LogP contribution in [0.1, 0.15) is 69.8 Å². The molecule has 3 N–H and O–H groups in total. The lowest BCUT2D eigenvalue weighted by molar-refractivity contribution is 0.100. The third-order valence-electron chi connectivity index (χ3n) is 6.38. The predicted octanol–water partition coefficient (Wildman–Crippen LogP) is 4.97. The smallest absolute Gasteiger partial charge is 0.256 e. The number of hydrogen-bond donors (Lipinski definition) is 2. The molecule has 36 heavy (non-hydrogen) atoms. The molecule has 0 aliphatic heterocycles. The number of fused-ring (bicyclic) bond motifs is 1. The minimum atomic E-state index is -3.78. The number of thiophene rings is 1. The summed E-state index contributed by atoms with van der Waals surface area (Å²) in [4.78, 5) is 26.4. The summed E-state index contributed by atoms with van der Waals surface area (Å²) in [5.74, 6) is -0.957. The van der Waals surface area contributed by atoms with Gasteiger partial charge in [0.2, 0.25) is 10.0 Å². The molecule has 0 atom stereocenters. The number of benzene rings is 2. The Morgan fingerprint density at radius 1 is 1.00 bits per heavy atom. The Kier molecular flexibility index (Phi) is 7.92. The number of carbonyl (C=O) groups is 2. The topological polar surface area (TPSA) is 110 Å². The highest BCUT2D eigenvalue weighted by atomic mass is 32.2. The van der Waals surface area contributed by atoms with Crippen LogP contribution in [0.5, 0.6) is 0 Å². The molecule has 3 aromatic rings. The van der Waals surface area contributed by atoms with Gasteiger partial charge in [-0.3, -0.25) is 9.59 Å². The second-order valence-corrected chi connectivity index (χ2v) is 12.2. The summed E-state index contributed by atoms with van der Waals surface area (Å²) in [6, 6.07) is 15.1. The van der Waals surface area contributed by atoms with Gasteiger partial charge in [0.1, 0.15) is 5.00 Å². The van der Waals surface area contributed by atoms with E-state index in [1.165, 1.54) is 39.9 Å². The highest BCUT2D eigenvalue weighted by Crippen LogP contribution is 2.37. The largest absolute Gasteiger partial charge is 0.365 e. The number of sulfonamides is 1. The van der Waals surface area contributed by atoms with E-state index in [-0.39, 0.29) is 17.5 Å². The Hall–Kier alpha value is -3.01. The van der Waals surface area contributed by atoms with Crippen molar-refractivity contribution in [3.8, 4) is 0 Å². The van der Waals surface area contributed by atoms with E-state index in [4.69, 9.17) is 5.73 Å². The number of anilines is 1. The van der Waals surface area contributed by atoms with Gasteiger partial charge in [-0.1, -0.05) is 36.8 Å². The Labute approximate surface area is 216 Å². The van der Waals surface area contributed by atoms with Crippen LogP contribution in [0.2, 0.25) is 0 Å². The number of nitrogens with zero attached hydrogens (tertiary/aromatic N) is 1. The number of carbonyl (C=O) groups excluding carboxylic acids is 2. The van der Waals surface area contributed by atoms with Crippen LogP contribution in [-0.2, 0) is 29.4 Å². The lowest BCUT2D eigenvalue weighted by atomic mass is 10.1. The first-order chi connectivity index (χ1) is 17.2. The van der Waals surface area contributed by atoms with Crippen LogP contribution < -0.4 is 11.1 Å². The molecule has 1 aromatic heterocycles. The zero-order valence-corrected chi connectivity index (χ0v) is 22.1. The monoisotopic (exact) mass is 525 g/mol. The normalized spacial score (nSPS) is 13.9. The molecule has 1 aliphatic carbocycles. The predicted molar refractivity (Wildman–Crippen MR) is 143 cm³/mol. The number of rotatable bonds is 8. The highest BCUT2D eigenvalue weighted by molar-refractivity contribution is 7.89. The lowest BCUT2D eigenvalue weighted by Gasteiger charge is -2.26. The van der Waals surface area contributed by atoms with Crippen molar-refractivity contribution in [3.63, 3.8) is 0 Å². The maximum Gasteiger partial charge on any atom is 0.256 e. The molecule has 0 spiro atoms. The SMILES string of the molecule is CC(C)N(Cc1ccccc1)S(=O)(=O)c1ccc(C(=O)Nc2sc3c(c2C(N)=O)CCCCC3)cc1. The van der Waals surface area contributed by atoms with Gasteiger partial charge in [-0.25, -0.2) is 8.42 Å². The summed E-state index contributed by atoms with van der Waals surface area (Å²) in [5.41, 5.74) is 8.21. The van der Waals surface area contributed by atoms with Crippen LogP contribution in [0.15, 0.2) is 59.5 Å². The van der Waals surface area contributed by atoms with Crippen molar-refractivity contribution in [2.24, 2.45) is 5.73 Å². The van der Waals surface area contributed by atoms with E-state index in [0.717, 1.165) is 48.1 Å². The summed E-state index contributed by atoms with van der Waals surface area (Å²) >= 11 is 1.41. The Bertz CT molecular complexity index is 1350. The molecule has 0 saturated carbocycles. The van der Waals surface area contributed by atoms with E-state index in [1.807, 2.05) is 44.2 Å². The van der Waals surface area contributed by atoms with E-state index in [1.54, 1.807) is 0 Å². The molecule has 7 nitrogen and oxygen atoms in total. The van der Waals surface area contributed by atoms with Crippen molar-refractivity contribution in [1.82, 2.24) is 4.31 Å². The first kappa shape index (κ1) is 26.1. The molecule has 0 unspecified atom stereocenters. The second kappa shape index (κ2) is 10.9. The number of hydrogen-bond acceptors (Lipinski definition) is 5. The molecule has 0 saturated heterocycles. The fourth-order valence-electron chi connectivity index (χ4n) is 4.49. The van der Waals surface area contributed by atoms with Crippen molar-refractivity contribution in [1.29, 1.82) is 0 Å². The van der Waals surface area contributed by atoms with Gasteiger partial charge in [0.25, 0.3) is 11.8 Å². The minimum absolute atomic E-state index is 0.115. The number of primary amides is 1. The van der Waals surface area contributed by atoms with E-state index in [2.05, 4.69) is 5.32 Å². The van der Waals surface area contributed by atoms with Gasteiger partial charge < -0.3 is 11.1 Å². The molecule has 0 bridgehead atoms. The number of amides is 2. The van der Waals surface area contributed by atoms with Crippen molar-refractivity contribution in [2.45, 2.75) is 63.4 Å². The first-order valence-corrected chi connectivity index (χ1v) is 14.4. The molecular formula is C27H31N3O4S2. The van der Waals surface area contributed by atoms with E-state index >= 15 is 0 Å². The van der Waals surface area contributed by atoms with Crippen LogP contribution in [0.4, 0.5) is 5.00 Å². The van der Waals surface area contributed by atoms with Gasteiger partial charge >= 0.3 is 0 Å². The molecular weight excluding hydrogens is 494 g/mol. The molecule has 1 aliphatic rings. The van der Waals surface area contributed by atoms with Crippen molar-refractivity contribution in [3.05, 3.63) is 81.7 Å². The Morgan fingerprint density at radius 3 is 2.31 bits per heavy atom. The maximum absolute atomic E-state index is 13.4. The van der Waals surface area contributed by atoms with Gasteiger partial charge in [-0.2, -0.15) is 4.31 Å². The molecule has 0 fully saturated rings. The fourth-order valence-corrected chi connectivity index (χ4v) is 7.40. The average Bonchev–Trinajstić information content (AvgIpc) is 3.03. The molecule has 2 aromatic carbocycles. The number of nitrogens with one attached hydrogen (secondary N) is 1. The number of aryl methyl sites for hydroxylation is 1. The van der Waals surface area contributed by atoms with Crippen LogP contribution >= 0.6 is 11.3 Å². The Morgan fingerprint density at radius 2 is 1.67 bits per heavy atom. The summed E-state index contributed by atoms with van der Waals surface area (Å²) in [7, 11) is -3.78. The van der Waals surface area contributed by atoms with E-state index < -0.39 is 21.8 Å². The van der Waals surface area contributed by atoms with Gasteiger partial charge in [0.15, 0.2) is 0 Å². The van der Waals surface area contributed by atoms with Crippen molar-refractivity contribution >= 4 is 38.2 Å². The molecule has 0 radical (unpaired) electrons. The Balaban J connectivity index is 1.55. The van der Waals surface area contributed by atoms with Crippen molar-refractivity contribution in [2.75, 3.05) is 5.32 Å². The molecule has 2 amide bonds. The van der Waals surface area contributed by atoms with Gasteiger partial charge in [-0.15, -0.1) is 11.3 Å². The van der Waals surface area contributed by atoms with Gasteiger partial charge in [0.05, 0.1) is 10.5 Å². The standard InChI is InChI=1S/C27H31N3O4S2/c1-18(2)30(17-19-9-5-3-6-10-19)36(33,34)21-15-13-20(14-16-21)26(32)29-27-24(25(28)31)22-11-7-4-8-12-23(22)35-27/h3,5-6,9-10,13-16,18H,4,7-8,11-12,17H2,1-2H3,(H2,28,31)(H,29,32). The highest BCUT2D eigenvalue weighted by Gasteiger charge is 2.28. The third-order valence-corrected chi connectivity index (χ3v) is 9.62. The van der Waals surface area contributed by atoms with E-state index in [9.17, 15) is 18.0 Å². The summed E-state index contributed by atoms with van der Waals surface area (Å²) in [6.07, 6.45) is 4.80. The van der Waals surface area contributed by atoms with Crippen molar-refractivity contribution < 1.29 is 18.0 Å². The lowest BCUT2D eigenvalue weighted by Crippen LogP contribution is -2.36. The van der Waals surface area contributed by atoms with Crippen LogP contribution in [0.25, 0.3) is 0 Å². The molecule has 4 rings (SSSR count). The summed E-state index contributed by atoms with van der Waals surface area (Å²) in [6.45, 7) is 3.92. The molecule has 9 heteroatoms. The molecule has 190 valence electrons. The zero-order valence-electron chi connectivity index (χ0n) is 20.5. The molecule has 1 heterocycles. The first-order valence-electron chi connectivity index (χ1n) is 12.1. The van der Waals surface area contributed by atoms with Gasteiger partial charge in [-0.05, 0) is 74.9 Å². The minimum Gasteiger partial charge on any atom is -0.365 e. The van der Waals surface area contributed by atoms with Crippen LogP contribution in [0, 0.1) is 0 Å². The maximum atomic E-state index is 13.4. The quantitative estimate of drug-likeness (QED) is 0.405. The van der Waals surface area contributed by atoms with Crippen LogP contribution in [-0.4, -0.2) is 30.6 Å². The average molecular weight is 526 g/mol. The zero-order chi connectivity index (χ0) is 25.9. The summed E-state index contributed by atoms with van der Waals surface area (Å²) < 4.78 is 28.2. The second-order valence-electron chi connectivity index (χ2n) is 9.24. The summed E-state index contributed by atoms with van der Waals surface area (Å²) in [5, 5.41) is 3.30. The van der Waals surface area contributed by atoms with Gasteiger partial charge in [0, 0.05) is 23.0 Å². The third kappa shape index (κ3) is 5.53. The van der Waals surface area contributed by atoms with E-state index in [0.29, 0.717) is 16.1 Å².